The molecule has 4 aliphatic rings. The Morgan fingerprint density at radius 2 is 1.26 bits per heavy atom. The van der Waals surface area contributed by atoms with Gasteiger partial charge in [-0.1, -0.05) is 54.6 Å². The van der Waals surface area contributed by atoms with Crippen LogP contribution >= 0.6 is 0 Å². The molecule has 4 bridgehead atoms. The highest BCUT2D eigenvalue weighted by atomic mass is 16.5. The molecule has 6 nitrogen and oxygen atoms in total. The van der Waals surface area contributed by atoms with Gasteiger partial charge < -0.3 is 29.4 Å². The maximum Gasteiger partial charge on any atom is 0.143 e. The molecule has 0 aromatic heterocycles. The monoisotopic (exact) mass is 585 g/mol. The highest BCUT2D eigenvalue weighted by Crippen LogP contribution is 2.55. The molecule has 0 saturated heterocycles. The standard InChI is InChI=1S/C37H47NO5/c1-40-34-13-9-31(10-14-34)37(30-7-4-3-5-8-30,32-11-15-35(41-2)16-12-32)43-26-33(39)25-42-18-6-17-38-36-22-27-19-28(23-36)21-29(20-27)24-36/h3-5,7-16,27-29,33,38-39H,6,17-26H2,1-2H3. The third-order valence-corrected chi connectivity index (χ3v) is 9.98. The fourth-order valence-corrected chi connectivity index (χ4v) is 8.42. The van der Waals surface area contributed by atoms with Crippen molar-refractivity contribution in [3.63, 3.8) is 0 Å². The van der Waals surface area contributed by atoms with Crippen LogP contribution in [-0.2, 0) is 15.1 Å². The minimum absolute atomic E-state index is 0.110. The molecule has 6 heteroatoms. The minimum Gasteiger partial charge on any atom is -0.497 e. The molecule has 1 unspecified atom stereocenters. The summed E-state index contributed by atoms with van der Waals surface area (Å²) >= 11 is 0. The van der Waals surface area contributed by atoms with E-state index in [1.54, 1.807) is 14.2 Å². The number of aliphatic hydroxyl groups is 1. The first-order chi connectivity index (χ1) is 21.0. The number of nitrogens with one attached hydrogen (secondary N) is 1. The fraction of sp³-hybridized carbons (Fsp3) is 0.514. The van der Waals surface area contributed by atoms with E-state index in [1.807, 2.05) is 66.7 Å². The molecule has 43 heavy (non-hydrogen) atoms. The van der Waals surface area contributed by atoms with Crippen molar-refractivity contribution in [3.8, 4) is 11.5 Å². The van der Waals surface area contributed by atoms with E-state index >= 15 is 0 Å². The zero-order chi connectivity index (χ0) is 29.7. The van der Waals surface area contributed by atoms with Gasteiger partial charge in [-0.3, -0.25) is 0 Å². The van der Waals surface area contributed by atoms with Crippen LogP contribution in [0.25, 0.3) is 0 Å². The number of hydrogen-bond donors (Lipinski definition) is 2. The van der Waals surface area contributed by atoms with Crippen molar-refractivity contribution < 1.29 is 24.1 Å². The van der Waals surface area contributed by atoms with Crippen molar-refractivity contribution >= 4 is 0 Å². The van der Waals surface area contributed by atoms with Gasteiger partial charge in [-0.15, -0.1) is 0 Å². The Hall–Kier alpha value is -2.90. The number of aliphatic hydroxyl groups excluding tert-OH is 1. The van der Waals surface area contributed by atoms with Crippen molar-refractivity contribution in [1.29, 1.82) is 0 Å². The summed E-state index contributed by atoms with van der Waals surface area (Å²) in [5.41, 5.74) is 2.27. The zero-order valence-corrected chi connectivity index (χ0v) is 25.7. The van der Waals surface area contributed by atoms with Gasteiger partial charge >= 0.3 is 0 Å². The lowest BCUT2D eigenvalue weighted by Gasteiger charge is -2.57. The summed E-state index contributed by atoms with van der Waals surface area (Å²) in [6, 6.07) is 26.0. The molecule has 3 aromatic carbocycles. The Bertz CT molecular complexity index is 1210. The highest BCUT2D eigenvalue weighted by Gasteiger charge is 2.50. The molecule has 4 saturated carbocycles. The molecule has 2 N–H and O–H groups in total. The largest absolute Gasteiger partial charge is 0.497 e. The third kappa shape index (κ3) is 6.63. The van der Waals surface area contributed by atoms with Crippen LogP contribution in [0.5, 0.6) is 11.5 Å². The van der Waals surface area contributed by atoms with Gasteiger partial charge in [-0.25, -0.2) is 0 Å². The van der Waals surface area contributed by atoms with Gasteiger partial charge in [0.05, 0.1) is 27.4 Å². The lowest BCUT2D eigenvalue weighted by Crippen LogP contribution is -2.58. The fourth-order valence-electron chi connectivity index (χ4n) is 8.42. The van der Waals surface area contributed by atoms with Gasteiger partial charge in [-0.05, 0) is 110 Å². The third-order valence-electron chi connectivity index (χ3n) is 9.98. The summed E-state index contributed by atoms with van der Waals surface area (Å²) in [5, 5.41) is 15.0. The van der Waals surface area contributed by atoms with Crippen LogP contribution in [0.1, 0.15) is 61.6 Å². The molecule has 0 aliphatic heterocycles. The average Bonchev–Trinajstić information content (AvgIpc) is 3.03. The van der Waals surface area contributed by atoms with E-state index in [2.05, 4.69) is 17.4 Å². The molecule has 3 aromatic rings. The van der Waals surface area contributed by atoms with Crippen LogP contribution in [0.2, 0.25) is 0 Å². The Morgan fingerprint density at radius 3 is 1.77 bits per heavy atom. The van der Waals surface area contributed by atoms with E-state index in [9.17, 15) is 5.11 Å². The van der Waals surface area contributed by atoms with Crippen molar-refractivity contribution in [3.05, 3.63) is 95.6 Å². The first-order valence-electron chi connectivity index (χ1n) is 16.0. The number of benzene rings is 3. The van der Waals surface area contributed by atoms with Crippen molar-refractivity contribution in [2.45, 2.75) is 62.2 Å². The zero-order valence-electron chi connectivity index (χ0n) is 25.7. The van der Waals surface area contributed by atoms with Crippen molar-refractivity contribution in [2.24, 2.45) is 17.8 Å². The molecule has 4 aliphatic carbocycles. The second-order valence-electron chi connectivity index (χ2n) is 13.0. The topological polar surface area (TPSA) is 69.2 Å². The predicted octanol–water partition coefficient (Wildman–Crippen LogP) is 6.34. The van der Waals surface area contributed by atoms with Crippen LogP contribution in [0.15, 0.2) is 78.9 Å². The van der Waals surface area contributed by atoms with Gasteiger partial charge in [0.1, 0.15) is 23.2 Å². The summed E-state index contributed by atoms with van der Waals surface area (Å²) in [7, 11) is 3.32. The number of ether oxygens (including phenoxy) is 4. The van der Waals surface area contributed by atoms with E-state index < -0.39 is 11.7 Å². The molecular weight excluding hydrogens is 538 g/mol. The summed E-state index contributed by atoms with van der Waals surface area (Å²) in [6.45, 7) is 1.94. The first kappa shape index (κ1) is 30.1. The highest BCUT2D eigenvalue weighted by molar-refractivity contribution is 5.49. The van der Waals surface area contributed by atoms with Crippen LogP contribution in [-0.4, -0.2) is 57.3 Å². The average molecular weight is 586 g/mol. The summed E-state index contributed by atoms with van der Waals surface area (Å²) in [6.07, 6.45) is 8.66. The Labute approximate surface area is 256 Å². The number of methoxy groups -OCH3 is 2. The van der Waals surface area contributed by atoms with E-state index in [1.165, 1.54) is 38.5 Å². The van der Waals surface area contributed by atoms with Gasteiger partial charge in [0.2, 0.25) is 0 Å². The minimum atomic E-state index is -0.956. The Balaban J connectivity index is 1.09. The second kappa shape index (κ2) is 13.4. The Kier molecular flexibility index (Phi) is 9.39. The predicted molar refractivity (Wildman–Crippen MR) is 169 cm³/mol. The lowest BCUT2D eigenvalue weighted by molar-refractivity contribution is -0.0644. The van der Waals surface area contributed by atoms with E-state index in [0.717, 1.165) is 58.9 Å². The van der Waals surface area contributed by atoms with Gasteiger partial charge in [-0.2, -0.15) is 0 Å². The number of hydrogen-bond acceptors (Lipinski definition) is 6. The van der Waals surface area contributed by atoms with Crippen molar-refractivity contribution in [2.75, 3.05) is 40.6 Å². The molecule has 0 spiro atoms. The maximum atomic E-state index is 11.0. The Morgan fingerprint density at radius 1 is 0.744 bits per heavy atom. The quantitative estimate of drug-likeness (QED) is 0.160. The molecule has 1 atom stereocenters. The SMILES string of the molecule is COc1ccc(C(OCC(O)COCCCNC23CC4CC(CC(C4)C2)C3)(c2ccccc2)c2ccc(OC)cc2)cc1. The second-order valence-corrected chi connectivity index (χ2v) is 13.0. The van der Waals surface area contributed by atoms with E-state index in [-0.39, 0.29) is 13.2 Å². The van der Waals surface area contributed by atoms with E-state index in [0.29, 0.717) is 12.1 Å². The smallest absolute Gasteiger partial charge is 0.143 e. The molecule has 7 rings (SSSR count). The molecule has 0 radical (unpaired) electrons. The molecule has 0 amide bonds. The summed E-state index contributed by atoms with van der Waals surface area (Å²) < 4.78 is 23.6. The van der Waals surface area contributed by atoms with Crippen LogP contribution in [0.3, 0.4) is 0 Å². The van der Waals surface area contributed by atoms with Gasteiger partial charge in [0.25, 0.3) is 0 Å². The molecule has 0 heterocycles. The molecular formula is C37H47NO5. The van der Waals surface area contributed by atoms with Crippen LogP contribution in [0, 0.1) is 17.8 Å². The summed E-state index contributed by atoms with van der Waals surface area (Å²) in [5.74, 6) is 4.38. The van der Waals surface area contributed by atoms with Gasteiger partial charge in [0.15, 0.2) is 0 Å². The van der Waals surface area contributed by atoms with Gasteiger partial charge in [0, 0.05) is 12.1 Å². The molecule has 230 valence electrons. The maximum absolute atomic E-state index is 11.0. The van der Waals surface area contributed by atoms with Crippen LogP contribution in [0.4, 0.5) is 0 Å². The lowest BCUT2D eigenvalue weighted by atomic mass is 9.53. The van der Waals surface area contributed by atoms with E-state index in [4.69, 9.17) is 18.9 Å². The first-order valence-corrected chi connectivity index (χ1v) is 16.0. The molecule has 4 fully saturated rings. The van der Waals surface area contributed by atoms with Crippen molar-refractivity contribution in [1.82, 2.24) is 5.32 Å². The normalized spacial score (nSPS) is 25.0. The van der Waals surface area contributed by atoms with Crippen LogP contribution < -0.4 is 14.8 Å². The number of rotatable bonds is 15. The summed E-state index contributed by atoms with van der Waals surface area (Å²) in [4.78, 5) is 0.